The number of hydrogen-bond donors (Lipinski definition) is 0. The third-order valence-electron chi connectivity index (χ3n) is 2.47. The molecule has 0 spiro atoms. The highest BCUT2D eigenvalue weighted by atomic mass is 35.5. The molecule has 0 unspecified atom stereocenters. The third-order valence-corrected chi connectivity index (χ3v) is 5.29. The van der Waals surface area contributed by atoms with E-state index in [9.17, 15) is 0 Å². The Kier molecular flexibility index (Phi) is 5.44. The molecule has 0 bridgehead atoms. The van der Waals surface area contributed by atoms with Gasteiger partial charge in [-0.15, -0.1) is 11.6 Å². The molecule has 1 aromatic carbocycles. The Morgan fingerprint density at radius 1 is 1.12 bits per heavy atom. The number of alkyl halides is 1. The summed E-state index contributed by atoms with van der Waals surface area (Å²) in [4.78, 5) is 0. The van der Waals surface area contributed by atoms with Gasteiger partial charge in [-0.25, -0.2) is 0 Å². The first kappa shape index (κ1) is 13.7. The minimum absolute atomic E-state index is 0.602. The van der Waals surface area contributed by atoms with Gasteiger partial charge in [0.1, 0.15) is 0 Å². The van der Waals surface area contributed by atoms with Gasteiger partial charge in [0.25, 0.3) is 0 Å². The van der Waals surface area contributed by atoms with Crippen molar-refractivity contribution in [2.24, 2.45) is 0 Å². The molecule has 0 aromatic heterocycles. The number of aryl methyl sites for hydroxylation is 1. The van der Waals surface area contributed by atoms with E-state index in [1.807, 2.05) is 24.3 Å². The molecule has 0 aliphatic heterocycles. The normalized spacial score (nSPS) is 11.8. The standard InChI is InChI=1S/C11H17ClO3Si/c1-13-16(14-2,15-3)11-6-4-5-10(9-11)7-8-12/h4-6,9H,7-8H2,1-3H3. The van der Waals surface area contributed by atoms with Gasteiger partial charge >= 0.3 is 8.80 Å². The molecule has 0 heterocycles. The molecule has 1 rings (SSSR count). The molecule has 5 heteroatoms. The lowest BCUT2D eigenvalue weighted by Crippen LogP contribution is -2.54. The van der Waals surface area contributed by atoms with Crippen LogP contribution in [0.2, 0.25) is 0 Å². The second-order valence-corrected chi connectivity index (χ2v) is 6.60. The van der Waals surface area contributed by atoms with Gasteiger partial charge in [-0.05, 0) is 12.0 Å². The molecule has 0 saturated heterocycles. The zero-order valence-electron chi connectivity index (χ0n) is 9.83. The van der Waals surface area contributed by atoms with Crippen molar-refractivity contribution in [3.8, 4) is 0 Å². The lowest BCUT2D eigenvalue weighted by atomic mass is 10.2. The monoisotopic (exact) mass is 260 g/mol. The van der Waals surface area contributed by atoms with Crippen LogP contribution >= 0.6 is 11.6 Å². The van der Waals surface area contributed by atoms with E-state index >= 15 is 0 Å². The minimum Gasteiger partial charge on any atom is -0.373 e. The summed E-state index contributed by atoms with van der Waals surface area (Å²) in [5.74, 6) is 0.602. The van der Waals surface area contributed by atoms with Crippen molar-refractivity contribution >= 4 is 25.6 Å². The Morgan fingerprint density at radius 2 is 1.75 bits per heavy atom. The van der Waals surface area contributed by atoms with Gasteiger partial charge in [-0.2, -0.15) is 0 Å². The molecule has 16 heavy (non-hydrogen) atoms. The molecule has 0 radical (unpaired) electrons. The van der Waals surface area contributed by atoms with Crippen molar-refractivity contribution < 1.29 is 13.3 Å². The summed E-state index contributed by atoms with van der Waals surface area (Å²) in [5, 5.41) is 0.961. The zero-order chi connectivity index (χ0) is 12.0. The number of hydrogen-bond acceptors (Lipinski definition) is 3. The fourth-order valence-electron chi connectivity index (χ4n) is 1.63. The van der Waals surface area contributed by atoms with Crippen LogP contribution in [0.25, 0.3) is 0 Å². The molecule has 0 N–H and O–H groups in total. The predicted octanol–water partition coefficient (Wildman–Crippen LogP) is 1.55. The second-order valence-electron chi connectivity index (χ2n) is 3.31. The molecule has 90 valence electrons. The first-order valence-electron chi connectivity index (χ1n) is 5.03. The van der Waals surface area contributed by atoms with Crippen LogP contribution in [-0.4, -0.2) is 36.0 Å². The first-order valence-corrected chi connectivity index (χ1v) is 7.29. The van der Waals surface area contributed by atoms with E-state index in [4.69, 9.17) is 24.9 Å². The van der Waals surface area contributed by atoms with E-state index in [1.165, 1.54) is 0 Å². The third kappa shape index (κ3) is 2.84. The molecule has 0 saturated carbocycles. The highest BCUT2D eigenvalue weighted by Crippen LogP contribution is 2.09. The molecule has 1 aromatic rings. The maximum Gasteiger partial charge on any atom is 0.536 e. The SMILES string of the molecule is CO[Si](OC)(OC)c1cccc(CCCl)c1. The minimum atomic E-state index is -2.70. The lowest BCUT2D eigenvalue weighted by Gasteiger charge is -2.24. The van der Waals surface area contributed by atoms with Crippen molar-refractivity contribution in [3.05, 3.63) is 29.8 Å². The average molecular weight is 261 g/mol. The summed E-state index contributed by atoms with van der Waals surface area (Å²) in [7, 11) is 2.12. The number of benzene rings is 1. The number of halogens is 1. The van der Waals surface area contributed by atoms with Gasteiger partial charge in [0.05, 0.1) is 0 Å². The van der Waals surface area contributed by atoms with Crippen LogP contribution in [0.1, 0.15) is 5.56 Å². The average Bonchev–Trinajstić information content (AvgIpc) is 2.33. The van der Waals surface area contributed by atoms with Crippen molar-refractivity contribution in [3.63, 3.8) is 0 Å². The molecule has 0 aliphatic rings. The Balaban J connectivity index is 3.04. The van der Waals surface area contributed by atoms with E-state index in [0.29, 0.717) is 5.88 Å². The van der Waals surface area contributed by atoms with Crippen molar-refractivity contribution in [1.29, 1.82) is 0 Å². The van der Waals surface area contributed by atoms with Crippen LogP contribution in [0.15, 0.2) is 24.3 Å². The molecule has 0 amide bonds. The molecular weight excluding hydrogens is 244 g/mol. The van der Waals surface area contributed by atoms with Gasteiger partial charge < -0.3 is 13.3 Å². The zero-order valence-corrected chi connectivity index (χ0v) is 11.6. The van der Waals surface area contributed by atoms with Gasteiger partial charge in [-0.3, -0.25) is 0 Å². The van der Waals surface area contributed by atoms with E-state index < -0.39 is 8.80 Å². The summed E-state index contributed by atoms with van der Waals surface area (Å²) in [5.41, 5.74) is 1.16. The van der Waals surface area contributed by atoms with E-state index in [1.54, 1.807) is 21.3 Å². The van der Waals surface area contributed by atoms with Crippen LogP contribution in [0, 0.1) is 0 Å². The van der Waals surface area contributed by atoms with E-state index in [2.05, 4.69) is 0 Å². The summed E-state index contributed by atoms with van der Waals surface area (Å²) in [6, 6.07) is 7.99. The topological polar surface area (TPSA) is 27.7 Å². The van der Waals surface area contributed by atoms with E-state index in [-0.39, 0.29) is 0 Å². The maximum absolute atomic E-state index is 5.72. The van der Waals surface area contributed by atoms with Crippen LogP contribution in [-0.2, 0) is 19.7 Å². The quantitative estimate of drug-likeness (QED) is 0.574. The predicted molar refractivity (Wildman–Crippen MR) is 67.3 cm³/mol. The largest absolute Gasteiger partial charge is 0.536 e. The Morgan fingerprint density at radius 3 is 2.25 bits per heavy atom. The smallest absolute Gasteiger partial charge is 0.373 e. The molecule has 0 fully saturated rings. The fourth-order valence-corrected chi connectivity index (χ4v) is 3.72. The summed E-state index contributed by atoms with van der Waals surface area (Å²) in [6.07, 6.45) is 0.830. The van der Waals surface area contributed by atoms with E-state index in [0.717, 1.165) is 17.2 Å². The van der Waals surface area contributed by atoms with Crippen LogP contribution in [0.3, 0.4) is 0 Å². The second kappa shape index (κ2) is 6.37. The van der Waals surface area contributed by atoms with Crippen LogP contribution < -0.4 is 5.19 Å². The molecule has 0 atom stereocenters. The number of rotatable bonds is 6. The van der Waals surface area contributed by atoms with Crippen molar-refractivity contribution in [2.75, 3.05) is 27.2 Å². The fraction of sp³-hybridized carbons (Fsp3) is 0.455. The maximum atomic E-state index is 5.72. The van der Waals surface area contributed by atoms with Crippen molar-refractivity contribution in [1.82, 2.24) is 0 Å². The van der Waals surface area contributed by atoms with Crippen LogP contribution in [0.5, 0.6) is 0 Å². The Hall–Kier alpha value is -0.393. The van der Waals surface area contributed by atoms with Gasteiger partial charge in [0.15, 0.2) is 0 Å². The molecule has 0 aliphatic carbocycles. The Labute approximate surface area is 103 Å². The van der Waals surface area contributed by atoms with Crippen molar-refractivity contribution in [2.45, 2.75) is 6.42 Å². The molecular formula is C11H17ClO3Si. The first-order chi connectivity index (χ1) is 7.72. The Bertz CT molecular complexity index is 320. The summed E-state index contributed by atoms with van der Waals surface area (Å²) >= 11 is 5.72. The highest BCUT2D eigenvalue weighted by molar-refractivity contribution is 6.75. The summed E-state index contributed by atoms with van der Waals surface area (Å²) in [6.45, 7) is 0. The lowest BCUT2D eigenvalue weighted by molar-refractivity contribution is 0.140. The van der Waals surface area contributed by atoms with Gasteiger partial charge in [-0.1, -0.05) is 24.3 Å². The van der Waals surface area contributed by atoms with Crippen LogP contribution in [0.4, 0.5) is 0 Å². The molecule has 3 nitrogen and oxygen atoms in total. The van der Waals surface area contributed by atoms with Gasteiger partial charge in [0.2, 0.25) is 0 Å². The summed E-state index contributed by atoms with van der Waals surface area (Å²) < 4.78 is 16.3. The highest BCUT2D eigenvalue weighted by Gasteiger charge is 2.40. The van der Waals surface area contributed by atoms with Gasteiger partial charge in [0, 0.05) is 32.4 Å².